The van der Waals surface area contributed by atoms with Gasteiger partial charge in [-0.05, 0) is 25.0 Å². The summed E-state index contributed by atoms with van der Waals surface area (Å²) in [6, 6.07) is 4.87. The molecule has 1 amide bonds. The number of rotatable bonds is 4. The van der Waals surface area contributed by atoms with Crippen LogP contribution in [0.1, 0.15) is 12.8 Å². The summed E-state index contributed by atoms with van der Waals surface area (Å²) in [7, 11) is 1.49. The maximum atomic E-state index is 12.3. The third-order valence-electron chi connectivity index (χ3n) is 3.51. The number of methoxy groups -OCH3 is 1. The molecule has 21 heavy (non-hydrogen) atoms. The highest BCUT2D eigenvalue weighted by Gasteiger charge is 2.33. The number of carbonyl (C=O) groups is 2. The zero-order valence-electron chi connectivity index (χ0n) is 11.5. The summed E-state index contributed by atoms with van der Waals surface area (Å²) < 4.78 is 5.08. The van der Waals surface area contributed by atoms with E-state index in [1.54, 1.807) is 24.3 Å². The molecule has 1 aliphatic carbocycles. The monoisotopic (exact) mass is 309 g/mol. The molecule has 1 aliphatic rings. The number of hydrogen-bond acceptors (Lipinski definition) is 3. The fraction of sp³-hybridized carbons (Fsp3) is 0.333. The summed E-state index contributed by atoms with van der Waals surface area (Å²) in [4.78, 5) is 23.5. The third kappa shape index (κ3) is 3.55. The summed E-state index contributed by atoms with van der Waals surface area (Å²) in [5, 5.41) is 12.4. The van der Waals surface area contributed by atoms with Crippen LogP contribution in [-0.4, -0.2) is 24.1 Å². The number of carboxylic acids is 1. The van der Waals surface area contributed by atoms with E-state index in [4.69, 9.17) is 16.3 Å². The predicted molar refractivity (Wildman–Crippen MR) is 79.6 cm³/mol. The van der Waals surface area contributed by atoms with Crippen molar-refractivity contribution < 1.29 is 19.4 Å². The molecule has 0 bridgehead atoms. The minimum absolute atomic E-state index is 0.309. The van der Waals surface area contributed by atoms with Crippen molar-refractivity contribution in [2.75, 3.05) is 12.4 Å². The van der Waals surface area contributed by atoms with Crippen molar-refractivity contribution in [3.05, 3.63) is 35.4 Å². The van der Waals surface area contributed by atoms with Crippen molar-refractivity contribution in [3.8, 4) is 5.75 Å². The van der Waals surface area contributed by atoms with Crippen LogP contribution in [0.2, 0.25) is 5.02 Å². The van der Waals surface area contributed by atoms with Gasteiger partial charge in [0.2, 0.25) is 5.91 Å². The molecule has 2 N–H and O–H groups in total. The number of aliphatic carboxylic acids is 1. The number of ether oxygens (including phenoxy) is 1. The van der Waals surface area contributed by atoms with Gasteiger partial charge in [0, 0.05) is 11.8 Å². The first kappa shape index (κ1) is 15.4. The molecule has 0 spiro atoms. The highest BCUT2D eigenvalue weighted by molar-refractivity contribution is 6.32. The van der Waals surface area contributed by atoms with E-state index in [1.807, 2.05) is 6.08 Å². The van der Waals surface area contributed by atoms with E-state index in [0.717, 1.165) is 0 Å². The predicted octanol–water partition coefficient (Wildman–Crippen LogP) is 2.95. The molecule has 5 nitrogen and oxygen atoms in total. The quantitative estimate of drug-likeness (QED) is 0.838. The Morgan fingerprint density at radius 3 is 2.57 bits per heavy atom. The molecule has 1 aromatic carbocycles. The Labute approximate surface area is 127 Å². The van der Waals surface area contributed by atoms with E-state index in [9.17, 15) is 14.7 Å². The standard InChI is InChI=1S/C15H16ClNO4/c1-21-13-8-9(6-7-12(13)16)17-14(18)10-4-2-3-5-11(10)15(19)20/h2-3,6-8,10-11H,4-5H2,1H3,(H,17,18)(H,19,20)/t10-,11+/m1/s1. The van der Waals surface area contributed by atoms with Gasteiger partial charge in [0.15, 0.2) is 0 Å². The largest absolute Gasteiger partial charge is 0.495 e. The Hall–Kier alpha value is -2.01. The average molecular weight is 310 g/mol. The van der Waals surface area contributed by atoms with Gasteiger partial charge in [-0.2, -0.15) is 0 Å². The maximum absolute atomic E-state index is 12.3. The van der Waals surface area contributed by atoms with E-state index in [2.05, 4.69) is 5.32 Å². The minimum atomic E-state index is -0.951. The van der Waals surface area contributed by atoms with E-state index in [-0.39, 0.29) is 5.91 Å². The molecule has 0 aliphatic heterocycles. The second kappa shape index (κ2) is 6.63. The van der Waals surface area contributed by atoms with Crippen molar-refractivity contribution in [3.63, 3.8) is 0 Å². The molecule has 0 radical (unpaired) electrons. The molecule has 0 unspecified atom stereocenters. The SMILES string of the molecule is COc1cc(NC(=O)[C@@H]2CC=CC[C@@H]2C(=O)O)ccc1Cl. The van der Waals surface area contributed by atoms with Gasteiger partial charge in [0.1, 0.15) is 5.75 Å². The number of halogens is 1. The highest BCUT2D eigenvalue weighted by atomic mass is 35.5. The van der Waals surface area contributed by atoms with E-state index in [0.29, 0.717) is 29.3 Å². The molecule has 0 aromatic heterocycles. The fourth-order valence-corrected chi connectivity index (χ4v) is 2.54. The lowest BCUT2D eigenvalue weighted by Crippen LogP contribution is -2.34. The summed E-state index contributed by atoms with van der Waals surface area (Å²) in [5.74, 6) is -2.07. The van der Waals surface area contributed by atoms with Crippen LogP contribution in [0.25, 0.3) is 0 Å². The van der Waals surface area contributed by atoms with Gasteiger partial charge in [0.05, 0.1) is 24.0 Å². The van der Waals surface area contributed by atoms with Crippen LogP contribution in [-0.2, 0) is 9.59 Å². The minimum Gasteiger partial charge on any atom is -0.495 e. The van der Waals surface area contributed by atoms with Gasteiger partial charge >= 0.3 is 5.97 Å². The number of carboxylic acid groups (broad SMARTS) is 1. The van der Waals surface area contributed by atoms with E-state index < -0.39 is 17.8 Å². The number of allylic oxidation sites excluding steroid dienone is 2. The Kier molecular flexibility index (Phi) is 4.85. The van der Waals surface area contributed by atoms with Crippen LogP contribution in [0.15, 0.2) is 30.4 Å². The van der Waals surface area contributed by atoms with Crippen molar-refractivity contribution in [2.24, 2.45) is 11.8 Å². The average Bonchev–Trinajstić information content (AvgIpc) is 2.49. The lowest BCUT2D eigenvalue weighted by molar-refractivity contribution is -0.146. The second-order valence-corrected chi connectivity index (χ2v) is 5.24. The normalized spacial score (nSPS) is 20.9. The Morgan fingerprint density at radius 1 is 1.29 bits per heavy atom. The first-order valence-corrected chi connectivity index (χ1v) is 6.93. The van der Waals surface area contributed by atoms with Gasteiger partial charge in [-0.15, -0.1) is 0 Å². The van der Waals surface area contributed by atoms with Gasteiger partial charge in [-0.25, -0.2) is 0 Å². The number of hydrogen-bond donors (Lipinski definition) is 2. The Balaban J connectivity index is 2.13. The molecule has 0 saturated heterocycles. The first-order valence-electron chi connectivity index (χ1n) is 6.55. The molecular formula is C15H16ClNO4. The Bertz CT molecular complexity index is 585. The fourth-order valence-electron chi connectivity index (χ4n) is 2.35. The molecule has 2 atom stereocenters. The van der Waals surface area contributed by atoms with Crippen LogP contribution >= 0.6 is 11.6 Å². The van der Waals surface area contributed by atoms with Gasteiger partial charge in [0.25, 0.3) is 0 Å². The van der Waals surface area contributed by atoms with Crippen LogP contribution in [0, 0.1) is 11.8 Å². The van der Waals surface area contributed by atoms with Crippen LogP contribution in [0.5, 0.6) is 5.75 Å². The molecule has 0 saturated carbocycles. The number of amides is 1. The summed E-state index contributed by atoms with van der Waals surface area (Å²) in [6.45, 7) is 0. The van der Waals surface area contributed by atoms with Crippen LogP contribution in [0.4, 0.5) is 5.69 Å². The number of benzene rings is 1. The molecule has 0 heterocycles. The zero-order valence-corrected chi connectivity index (χ0v) is 12.3. The molecule has 112 valence electrons. The van der Waals surface area contributed by atoms with Crippen LogP contribution in [0.3, 0.4) is 0 Å². The van der Waals surface area contributed by atoms with E-state index >= 15 is 0 Å². The Morgan fingerprint density at radius 2 is 1.95 bits per heavy atom. The molecular weight excluding hydrogens is 294 g/mol. The smallest absolute Gasteiger partial charge is 0.307 e. The highest BCUT2D eigenvalue weighted by Crippen LogP contribution is 2.30. The number of nitrogens with one attached hydrogen (secondary N) is 1. The lowest BCUT2D eigenvalue weighted by Gasteiger charge is -2.24. The number of anilines is 1. The lowest BCUT2D eigenvalue weighted by atomic mass is 9.82. The summed E-state index contributed by atoms with van der Waals surface area (Å²) >= 11 is 5.92. The van der Waals surface area contributed by atoms with Crippen molar-refractivity contribution in [1.29, 1.82) is 0 Å². The summed E-state index contributed by atoms with van der Waals surface area (Å²) in [5.41, 5.74) is 0.528. The van der Waals surface area contributed by atoms with Crippen LogP contribution < -0.4 is 10.1 Å². The molecule has 6 heteroatoms. The van der Waals surface area contributed by atoms with Gasteiger partial charge in [-0.3, -0.25) is 9.59 Å². The molecule has 1 aromatic rings. The van der Waals surface area contributed by atoms with Gasteiger partial charge in [-0.1, -0.05) is 23.8 Å². The zero-order chi connectivity index (χ0) is 15.4. The van der Waals surface area contributed by atoms with Crippen molar-refractivity contribution in [1.82, 2.24) is 0 Å². The number of carbonyl (C=O) groups excluding carboxylic acids is 1. The maximum Gasteiger partial charge on any atom is 0.307 e. The third-order valence-corrected chi connectivity index (χ3v) is 3.82. The van der Waals surface area contributed by atoms with Gasteiger partial charge < -0.3 is 15.2 Å². The van der Waals surface area contributed by atoms with Crippen molar-refractivity contribution in [2.45, 2.75) is 12.8 Å². The van der Waals surface area contributed by atoms with Crippen molar-refractivity contribution >= 4 is 29.2 Å². The topological polar surface area (TPSA) is 75.6 Å². The van der Waals surface area contributed by atoms with E-state index in [1.165, 1.54) is 7.11 Å². The molecule has 0 fully saturated rings. The molecule has 2 rings (SSSR count). The summed E-state index contributed by atoms with van der Waals surface area (Å²) in [6.07, 6.45) is 4.44. The second-order valence-electron chi connectivity index (χ2n) is 4.83. The first-order chi connectivity index (χ1) is 10.0.